The molecule has 0 heterocycles. The molecule has 18 heavy (non-hydrogen) atoms. The minimum absolute atomic E-state index is 0.112. The van der Waals surface area contributed by atoms with E-state index in [4.69, 9.17) is 5.26 Å². The van der Waals surface area contributed by atoms with Crippen molar-refractivity contribution >= 4 is 5.91 Å². The van der Waals surface area contributed by atoms with E-state index in [-0.39, 0.29) is 5.91 Å². The van der Waals surface area contributed by atoms with Crippen LogP contribution in [0.25, 0.3) is 0 Å². The second-order valence-electron chi connectivity index (χ2n) is 4.53. The highest BCUT2D eigenvalue weighted by molar-refractivity contribution is 5.94. The van der Waals surface area contributed by atoms with Crippen LogP contribution in [0, 0.1) is 11.3 Å². The van der Waals surface area contributed by atoms with Gasteiger partial charge in [-0.25, -0.2) is 0 Å². The monoisotopic (exact) mass is 243 g/mol. The third-order valence-corrected chi connectivity index (χ3v) is 2.90. The van der Waals surface area contributed by atoms with Crippen LogP contribution < -0.4 is 10.6 Å². The summed E-state index contributed by atoms with van der Waals surface area (Å²) in [4.78, 5) is 11.8. The molecule has 4 heteroatoms. The van der Waals surface area contributed by atoms with Gasteiger partial charge < -0.3 is 10.6 Å². The smallest absolute Gasteiger partial charge is 0.251 e. The maximum Gasteiger partial charge on any atom is 0.251 e. The molecule has 0 atom stereocenters. The Morgan fingerprint density at radius 1 is 1.39 bits per heavy atom. The molecule has 2 rings (SSSR count). The van der Waals surface area contributed by atoms with Gasteiger partial charge in [0.1, 0.15) is 0 Å². The number of nitriles is 1. The van der Waals surface area contributed by atoms with Crippen LogP contribution in [0.5, 0.6) is 0 Å². The molecule has 1 aliphatic carbocycles. The van der Waals surface area contributed by atoms with Crippen LogP contribution in [0.3, 0.4) is 0 Å². The standard InChI is InChI=1S/C14H17N3O/c15-10-11-3-1-4-12(9-11)14(18)17-8-2-7-16-13-5-6-13/h1,3-4,9,13,16H,2,5-8H2,(H,17,18). The lowest BCUT2D eigenvalue weighted by Gasteiger charge is -2.06. The zero-order valence-corrected chi connectivity index (χ0v) is 10.3. The number of carbonyl (C=O) groups is 1. The van der Waals surface area contributed by atoms with Gasteiger partial charge in [0.25, 0.3) is 5.91 Å². The number of carbonyl (C=O) groups excluding carboxylic acids is 1. The molecule has 0 saturated heterocycles. The van der Waals surface area contributed by atoms with Crippen molar-refractivity contribution in [2.45, 2.75) is 25.3 Å². The summed E-state index contributed by atoms with van der Waals surface area (Å²) < 4.78 is 0. The minimum atomic E-state index is -0.112. The average Bonchev–Trinajstić information content (AvgIpc) is 3.22. The van der Waals surface area contributed by atoms with Gasteiger partial charge in [-0.05, 0) is 44.0 Å². The fourth-order valence-corrected chi connectivity index (χ4v) is 1.72. The van der Waals surface area contributed by atoms with E-state index in [9.17, 15) is 4.79 Å². The second-order valence-corrected chi connectivity index (χ2v) is 4.53. The fraction of sp³-hybridized carbons (Fsp3) is 0.429. The van der Waals surface area contributed by atoms with Gasteiger partial charge in [-0.15, -0.1) is 0 Å². The molecule has 0 spiro atoms. The van der Waals surface area contributed by atoms with Gasteiger partial charge in [-0.1, -0.05) is 6.07 Å². The Morgan fingerprint density at radius 2 is 2.22 bits per heavy atom. The van der Waals surface area contributed by atoms with Crippen molar-refractivity contribution < 1.29 is 4.79 Å². The average molecular weight is 243 g/mol. The Kier molecular flexibility index (Phi) is 4.32. The molecule has 0 aromatic heterocycles. The van der Waals surface area contributed by atoms with Gasteiger partial charge in [-0.3, -0.25) is 4.79 Å². The topological polar surface area (TPSA) is 64.9 Å². The Hall–Kier alpha value is -1.86. The predicted octanol–water partition coefficient (Wildman–Crippen LogP) is 1.43. The summed E-state index contributed by atoms with van der Waals surface area (Å²) in [7, 11) is 0. The Bertz CT molecular complexity index is 460. The van der Waals surface area contributed by atoms with Crippen molar-refractivity contribution in [3.05, 3.63) is 35.4 Å². The van der Waals surface area contributed by atoms with Crippen molar-refractivity contribution in [2.24, 2.45) is 0 Å². The van der Waals surface area contributed by atoms with E-state index >= 15 is 0 Å². The number of rotatable bonds is 6. The summed E-state index contributed by atoms with van der Waals surface area (Å²) >= 11 is 0. The Morgan fingerprint density at radius 3 is 2.94 bits per heavy atom. The summed E-state index contributed by atoms with van der Waals surface area (Å²) in [6.45, 7) is 1.61. The summed E-state index contributed by atoms with van der Waals surface area (Å²) in [6, 6.07) is 9.49. The zero-order chi connectivity index (χ0) is 12.8. The number of nitrogens with one attached hydrogen (secondary N) is 2. The quantitative estimate of drug-likeness (QED) is 0.743. The highest BCUT2D eigenvalue weighted by atomic mass is 16.1. The van der Waals surface area contributed by atoms with E-state index in [1.807, 2.05) is 6.07 Å². The van der Waals surface area contributed by atoms with Crippen molar-refractivity contribution in [1.82, 2.24) is 10.6 Å². The maximum atomic E-state index is 11.8. The van der Waals surface area contributed by atoms with Crippen molar-refractivity contribution in [3.8, 4) is 6.07 Å². The van der Waals surface area contributed by atoms with Crippen LogP contribution in [0.2, 0.25) is 0 Å². The Balaban J connectivity index is 1.71. The zero-order valence-electron chi connectivity index (χ0n) is 10.3. The molecule has 1 fully saturated rings. The number of amides is 1. The van der Waals surface area contributed by atoms with E-state index in [1.165, 1.54) is 12.8 Å². The lowest BCUT2D eigenvalue weighted by molar-refractivity contribution is 0.0953. The fourth-order valence-electron chi connectivity index (χ4n) is 1.72. The molecule has 1 aliphatic rings. The molecule has 0 radical (unpaired) electrons. The molecule has 1 saturated carbocycles. The normalized spacial score (nSPS) is 13.9. The van der Waals surface area contributed by atoms with Crippen molar-refractivity contribution in [2.75, 3.05) is 13.1 Å². The van der Waals surface area contributed by atoms with E-state index < -0.39 is 0 Å². The molecule has 1 aromatic carbocycles. The lowest BCUT2D eigenvalue weighted by atomic mass is 10.1. The van der Waals surface area contributed by atoms with E-state index in [0.717, 1.165) is 13.0 Å². The maximum absolute atomic E-state index is 11.8. The summed E-state index contributed by atoms with van der Waals surface area (Å²) in [6.07, 6.45) is 3.50. The number of hydrogen-bond donors (Lipinski definition) is 2. The molecule has 0 unspecified atom stereocenters. The van der Waals surface area contributed by atoms with Crippen LogP contribution in [0.4, 0.5) is 0 Å². The second kappa shape index (κ2) is 6.18. The summed E-state index contributed by atoms with van der Waals surface area (Å²) in [5, 5.41) is 15.0. The first-order valence-electron chi connectivity index (χ1n) is 6.31. The molecular weight excluding hydrogens is 226 g/mol. The number of nitrogens with zero attached hydrogens (tertiary/aromatic N) is 1. The summed E-state index contributed by atoms with van der Waals surface area (Å²) in [5.41, 5.74) is 1.06. The van der Waals surface area contributed by atoms with Crippen molar-refractivity contribution in [1.29, 1.82) is 5.26 Å². The van der Waals surface area contributed by atoms with Gasteiger partial charge in [-0.2, -0.15) is 5.26 Å². The van der Waals surface area contributed by atoms with Crippen LogP contribution in [0.1, 0.15) is 35.2 Å². The first-order valence-corrected chi connectivity index (χ1v) is 6.31. The van der Waals surface area contributed by atoms with Crippen LogP contribution in [-0.4, -0.2) is 25.0 Å². The van der Waals surface area contributed by atoms with Crippen LogP contribution >= 0.6 is 0 Å². The largest absolute Gasteiger partial charge is 0.352 e. The summed E-state index contributed by atoms with van der Waals surface area (Å²) in [5.74, 6) is -0.112. The van der Waals surface area contributed by atoms with Gasteiger partial charge in [0.15, 0.2) is 0 Å². The molecule has 94 valence electrons. The Labute approximate surface area is 107 Å². The molecule has 4 nitrogen and oxygen atoms in total. The van der Waals surface area contributed by atoms with Crippen LogP contribution in [0.15, 0.2) is 24.3 Å². The SMILES string of the molecule is N#Cc1cccc(C(=O)NCCCNC2CC2)c1. The van der Waals surface area contributed by atoms with E-state index in [2.05, 4.69) is 10.6 Å². The molecule has 0 aliphatic heterocycles. The predicted molar refractivity (Wildman–Crippen MR) is 69.1 cm³/mol. The van der Waals surface area contributed by atoms with Crippen LogP contribution in [-0.2, 0) is 0 Å². The van der Waals surface area contributed by atoms with Gasteiger partial charge in [0.2, 0.25) is 0 Å². The van der Waals surface area contributed by atoms with Gasteiger partial charge >= 0.3 is 0 Å². The number of hydrogen-bond acceptors (Lipinski definition) is 3. The molecule has 1 amide bonds. The van der Waals surface area contributed by atoms with E-state index in [1.54, 1.807) is 24.3 Å². The third-order valence-electron chi connectivity index (χ3n) is 2.90. The molecule has 2 N–H and O–H groups in total. The third kappa shape index (κ3) is 3.86. The first kappa shape index (κ1) is 12.6. The lowest BCUT2D eigenvalue weighted by Crippen LogP contribution is -2.27. The van der Waals surface area contributed by atoms with Crippen molar-refractivity contribution in [3.63, 3.8) is 0 Å². The molecule has 1 aromatic rings. The highest BCUT2D eigenvalue weighted by Gasteiger charge is 2.19. The molecular formula is C14H17N3O. The number of benzene rings is 1. The molecule has 0 bridgehead atoms. The van der Waals surface area contributed by atoms with E-state index in [0.29, 0.717) is 23.7 Å². The van der Waals surface area contributed by atoms with Gasteiger partial charge in [0.05, 0.1) is 11.6 Å². The first-order chi connectivity index (χ1) is 8.79. The highest BCUT2D eigenvalue weighted by Crippen LogP contribution is 2.18. The van der Waals surface area contributed by atoms with Gasteiger partial charge in [0, 0.05) is 18.2 Å². The minimum Gasteiger partial charge on any atom is -0.352 e.